The first-order valence-electron chi connectivity index (χ1n) is 7.20. The fourth-order valence-electron chi connectivity index (χ4n) is 1.88. The first kappa shape index (κ1) is 16.4. The molecule has 0 fully saturated rings. The Morgan fingerprint density at radius 2 is 1.82 bits per heavy atom. The highest BCUT2D eigenvalue weighted by atomic mass is 79.9. The molecule has 0 unspecified atom stereocenters. The Kier molecular flexibility index (Phi) is 6.77. The minimum Gasteiger partial charge on any atom is -0.492 e. The molecule has 0 aliphatic carbocycles. The molecule has 0 aliphatic heterocycles. The summed E-state index contributed by atoms with van der Waals surface area (Å²) in [5.74, 6) is 1.29. The second kappa shape index (κ2) is 9.10. The zero-order valence-corrected chi connectivity index (χ0v) is 13.9. The average Bonchev–Trinajstić information content (AvgIpc) is 2.54. The van der Waals surface area contributed by atoms with Crippen molar-refractivity contribution in [3.63, 3.8) is 0 Å². The smallest absolute Gasteiger partial charge is 0.188 e. The molecular formula is C17H20BrN3O. The van der Waals surface area contributed by atoms with Gasteiger partial charge >= 0.3 is 0 Å². The van der Waals surface area contributed by atoms with Gasteiger partial charge in [-0.3, -0.25) is 4.99 Å². The van der Waals surface area contributed by atoms with Crippen molar-refractivity contribution in [2.24, 2.45) is 10.7 Å². The van der Waals surface area contributed by atoms with E-state index < -0.39 is 0 Å². The van der Waals surface area contributed by atoms with Crippen LogP contribution in [0.3, 0.4) is 0 Å². The zero-order valence-electron chi connectivity index (χ0n) is 12.3. The van der Waals surface area contributed by atoms with Gasteiger partial charge in [0.1, 0.15) is 12.4 Å². The summed E-state index contributed by atoms with van der Waals surface area (Å²) in [5, 5.41) is 3.04. The topological polar surface area (TPSA) is 59.6 Å². The summed E-state index contributed by atoms with van der Waals surface area (Å²) < 4.78 is 6.63. The van der Waals surface area contributed by atoms with E-state index in [0.717, 1.165) is 16.6 Å². The van der Waals surface area contributed by atoms with Crippen molar-refractivity contribution in [2.45, 2.75) is 6.42 Å². The van der Waals surface area contributed by atoms with Gasteiger partial charge in [-0.05, 0) is 36.2 Å². The summed E-state index contributed by atoms with van der Waals surface area (Å²) in [6.45, 7) is 1.84. The maximum Gasteiger partial charge on any atom is 0.188 e. The summed E-state index contributed by atoms with van der Waals surface area (Å²) in [6, 6.07) is 18.0. The van der Waals surface area contributed by atoms with E-state index in [1.165, 1.54) is 5.56 Å². The van der Waals surface area contributed by atoms with Crippen LogP contribution >= 0.6 is 15.9 Å². The normalized spacial score (nSPS) is 11.2. The van der Waals surface area contributed by atoms with E-state index in [-0.39, 0.29) is 0 Å². The van der Waals surface area contributed by atoms with E-state index in [2.05, 4.69) is 38.4 Å². The molecule has 0 saturated carbocycles. The molecule has 0 atom stereocenters. The summed E-state index contributed by atoms with van der Waals surface area (Å²) >= 11 is 3.39. The van der Waals surface area contributed by atoms with Crippen LogP contribution in [0, 0.1) is 0 Å². The highest BCUT2D eigenvalue weighted by molar-refractivity contribution is 9.10. The van der Waals surface area contributed by atoms with Crippen molar-refractivity contribution in [2.75, 3.05) is 19.7 Å². The molecule has 2 aromatic carbocycles. The minimum atomic E-state index is 0.454. The molecule has 4 nitrogen and oxygen atoms in total. The lowest BCUT2D eigenvalue weighted by Crippen LogP contribution is -2.34. The Bertz CT molecular complexity index is 585. The maximum atomic E-state index is 5.81. The van der Waals surface area contributed by atoms with Gasteiger partial charge in [0.15, 0.2) is 5.96 Å². The Labute approximate surface area is 139 Å². The van der Waals surface area contributed by atoms with Crippen molar-refractivity contribution in [3.05, 3.63) is 64.6 Å². The summed E-state index contributed by atoms with van der Waals surface area (Å²) in [5.41, 5.74) is 7.08. The molecule has 116 valence electrons. The van der Waals surface area contributed by atoms with Gasteiger partial charge in [0, 0.05) is 11.0 Å². The number of aliphatic imine (C=N–C) groups is 1. The molecule has 22 heavy (non-hydrogen) atoms. The Morgan fingerprint density at radius 1 is 1.09 bits per heavy atom. The molecule has 0 spiro atoms. The second-order valence-corrected chi connectivity index (χ2v) is 5.65. The van der Waals surface area contributed by atoms with Gasteiger partial charge in [-0.1, -0.05) is 46.3 Å². The third-order valence-electron chi connectivity index (χ3n) is 3.02. The average molecular weight is 362 g/mol. The molecule has 2 rings (SSSR count). The van der Waals surface area contributed by atoms with E-state index >= 15 is 0 Å². The van der Waals surface area contributed by atoms with Crippen molar-refractivity contribution in [1.29, 1.82) is 0 Å². The summed E-state index contributed by atoms with van der Waals surface area (Å²) in [7, 11) is 0. The van der Waals surface area contributed by atoms with Crippen molar-refractivity contribution in [1.82, 2.24) is 5.32 Å². The monoisotopic (exact) mass is 361 g/mol. The molecule has 0 bridgehead atoms. The molecule has 0 radical (unpaired) electrons. The summed E-state index contributed by atoms with van der Waals surface area (Å²) in [6.07, 6.45) is 0.888. The number of benzene rings is 2. The van der Waals surface area contributed by atoms with Crippen LogP contribution in [-0.4, -0.2) is 25.7 Å². The van der Waals surface area contributed by atoms with Crippen LogP contribution in [0.4, 0.5) is 0 Å². The number of hydrogen-bond acceptors (Lipinski definition) is 2. The van der Waals surface area contributed by atoms with Crippen LogP contribution in [0.1, 0.15) is 5.56 Å². The van der Waals surface area contributed by atoms with Gasteiger partial charge in [-0.15, -0.1) is 0 Å². The van der Waals surface area contributed by atoms with Crippen molar-refractivity contribution >= 4 is 21.9 Å². The molecule has 5 heteroatoms. The number of halogens is 1. The van der Waals surface area contributed by atoms with Gasteiger partial charge < -0.3 is 15.8 Å². The predicted molar refractivity (Wildman–Crippen MR) is 94.3 cm³/mol. The van der Waals surface area contributed by atoms with Crippen LogP contribution in [0.25, 0.3) is 0 Å². The first-order chi connectivity index (χ1) is 10.7. The number of nitrogens with zero attached hydrogens (tertiary/aromatic N) is 1. The van der Waals surface area contributed by atoms with Crippen molar-refractivity contribution in [3.8, 4) is 5.75 Å². The molecule has 0 aliphatic rings. The molecule has 3 N–H and O–H groups in total. The number of hydrogen-bond donors (Lipinski definition) is 2. The van der Waals surface area contributed by atoms with Crippen LogP contribution in [0.2, 0.25) is 0 Å². The van der Waals surface area contributed by atoms with Gasteiger partial charge in [-0.2, -0.15) is 0 Å². The first-order valence-corrected chi connectivity index (χ1v) is 7.99. The molecule has 0 saturated heterocycles. The lowest BCUT2D eigenvalue weighted by Gasteiger charge is -2.08. The van der Waals surface area contributed by atoms with E-state index in [0.29, 0.717) is 25.7 Å². The van der Waals surface area contributed by atoms with Crippen molar-refractivity contribution < 1.29 is 4.74 Å². The minimum absolute atomic E-state index is 0.454. The highest BCUT2D eigenvalue weighted by Gasteiger charge is 1.95. The summed E-state index contributed by atoms with van der Waals surface area (Å²) in [4.78, 5) is 4.30. The van der Waals surface area contributed by atoms with Crippen LogP contribution in [0.5, 0.6) is 5.75 Å². The molecular weight excluding hydrogens is 342 g/mol. The van der Waals surface area contributed by atoms with Crippen LogP contribution < -0.4 is 15.8 Å². The Hall–Kier alpha value is -2.01. The number of rotatable bonds is 7. The Balaban J connectivity index is 1.61. The molecule has 0 aromatic heterocycles. The van der Waals surface area contributed by atoms with Crippen LogP contribution in [-0.2, 0) is 6.42 Å². The fraction of sp³-hybridized carbons (Fsp3) is 0.235. The highest BCUT2D eigenvalue weighted by Crippen LogP contribution is 2.15. The zero-order chi connectivity index (χ0) is 15.6. The van der Waals surface area contributed by atoms with Gasteiger partial charge in [0.05, 0.1) is 6.54 Å². The second-order valence-electron chi connectivity index (χ2n) is 4.73. The quantitative estimate of drug-likeness (QED) is 0.452. The maximum absolute atomic E-state index is 5.81. The van der Waals surface area contributed by atoms with Crippen LogP contribution in [0.15, 0.2) is 64.1 Å². The van der Waals surface area contributed by atoms with Gasteiger partial charge in [0.25, 0.3) is 0 Å². The van der Waals surface area contributed by atoms with Gasteiger partial charge in [-0.25, -0.2) is 0 Å². The molecule has 0 amide bonds. The molecule has 2 aromatic rings. The standard InChI is InChI=1S/C17H20BrN3O/c18-15-6-8-16(9-7-15)22-13-12-21-17(19)20-11-10-14-4-2-1-3-5-14/h1-9H,10-13H2,(H3,19,20,21). The lowest BCUT2D eigenvalue weighted by atomic mass is 10.2. The third-order valence-corrected chi connectivity index (χ3v) is 3.54. The van der Waals surface area contributed by atoms with E-state index in [9.17, 15) is 0 Å². The number of guanidine groups is 1. The largest absolute Gasteiger partial charge is 0.492 e. The lowest BCUT2D eigenvalue weighted by molar-refractivity contribution is 0.322. The SMILES string of the molecule is NC(=NCCc1ccccc1)NCCOc1ccc(Br)cc1. The van der Waals surface area contributed by atoms with E-state index in [4.69, 9.17) is 10.5 Å². The van der Waals surface area contributed by atoms with E-state index in [1.807, 2.05) is 42.5 Å². The molecule has 0 heterocycles. The Morgan fingerprint density at radius 3 is 2.55 bits per heavy atom. The third kappa shape index (κ3) is 6.18. The number of nitrogens with one attached hydrogen (secondary N) is 1. The van der Waals surface area contributed by atoms with Gasteiger partial charge in [0.2, 0.25) is 0 Å². The number of nitrogens with two attached hydrogens (primary N) is 1. The number of ether oxygens (including phenoxy) is 1. The predicted octanol–water partition coefficient (Wildman–Crippen LogP) is 2.97. The fourth-order valence-corrected chi connectivity index (χ4v) is 2.15. The van der Waals surface area contributed by atoms with E-state index in [1.54, 1.807) is 0 Å².